The number of rotatable bonds is 9. The van der Waals surface area contributed by atoms with Crippen molar-refractivity contribution in [3.8, 4) is 0 Å². The van der Waals surface area contributed by atoms with Crippen molar-refractivity contribution >= 4 is 10.8 Å². The van der Waals surface area contributed by atoms with Crippen LogP contribution in [0.1, 0.15) is 47.8 Å². The van der Waals surface area contributed by atoms with E-state index in [0.29, 0.717) is 23.8 Å². The molecule has 0 aliphatic heterocycles. The molecule has 32 heavy (non-hydrogen) atoms. The van der Waals surface area contributed by atoms with Crippen LogP contribution < -0.4 is 0 Å². The van der Waals surface area contributed by atoms with Gasteiger partial charge in [0, 0.05) is 24.2 Å². The first-order valence-electron chi connectivity index (χ1n) is 11.4. The molecule has 1 aromatic heterocycles. The highest BCUT2D eigenvalue weighted by Gasteiger charge is 2.09. The van der Waals surface area contributed by atoms with E-state index in [1.165, 1.54) is 24.1 Å². The lowest BCUT2D eigenvalue weighted by molar-refractivity contribution is 0.619. The molecular weight excluding hydrogens is 402 g/mol. The number of nitrogens with zero attached hydrogens (tertiary/aromatic N) is 2. The summed E-state index contributed by atoms with van der Waals surface area (Å²) in [6.45, 7) is 2.18. The Hall–Kier alpha value is -3.14. The molecule has 4 heteroatoms. The van der Waals surface area contributed by atoms with Crippen molar-refractivity contribution in [1.82, 2.24) is 9.97 Å². The van der Waals surface area contributed by atoms with Crippen LogP contribution in [0.25, 0.3) is 10.8 Å². The van der Waals surface area contributed by atoms with E-state index in [-0.39, 0.29) is 11.6 Å². The van der Waals surface area contributed by atoms with Gasteiger partial charge in [-0.1, -0.05) is 55.8 Å². The third kappa shape index (κ3) is 5.56. The molecular formula is C28H28F2N2. The largest absolute Gasteiger partial charge is 0.241 e. The van der Waals surface area contributed by atoms with Crippen molar-refractivity contribution in [2.45, 2.75) is 51.9 Å². The Bertz CT molecular complexity index is 1170. The van der Waals surface area contributed by atoms with Crippen LogP contribution in [-0.4, -0.2) is 9.97 Å². The molecule has 0 spiro atoms. The molecule has 1 heterocycles. The second-order valence-electron chi connectivity index (χ2n) is 8.33. The number of aromatic nitrogens is 2. The molecule has 0 N–H and O–H groups in total. The molecule has 0 amide bonds. The van der Waals surface area contributed by atoms with Gasteiger partial charge in [0.2, 0.25) is 0 Å². The molecule has 164 valence electrons. The molecule has 4 rings (SSSR count). The highest BCUT2D eigenvalue weighted by atomic mass is 19.1. The molecule has 0 fully saturated rings. The minimum Gasteiger partial charge on any atom is -0.241 e. The highest BCUT2D eigenvalue weighted by Crippen LogP contribution is 2.24. The lowest BCUT2D eigenvalue weighted by Gasteiger charge is -2.09. The summed E-state index contributed by atoms with van der Waals surface area (Å²) < 4.78 is 28.1. The summed E-state index contributed by atoms with van der Waals surface area (Å²) in [4.78, 5) is 8.99. The molecule has 0 radical (unpaired) electrons. The van der Waals surface area contributed by atoms with Gasteiger partial charge in [0.1, 0.15) is 17.5 Å². The quantitative estimate of drug-likeness (QED) is 0.291. The molecule has 0 atom stereocenters. The zero-order valence-corrected chi connectivity index (χ0v) is 18.5. The van der Waals surface area contributed by atoms with Gasteiger partial charge in [0.15, 0.2) is 0 Å². The Kier molecular flexibility index (Phi) is 7.21. The van der Waals surface area contributed by atoms with E-state index >= 15 is 4.39 Å². The highest BCUT2D eigenvalue weighted by molar-refractivity contribution is 5.84. The lowest BCUT2D eigenvalue weighted by Crippen LogP contribution is -2.00. The van der Waals surface area contributed by atoms with Crippen LogP contribution in [-0.2, 0) is 32.1 Å². The van der Waals surface area contributed by atoms with Crippen molar-refractivity contribution in [2.75, 3.05) is 0 Å². The van der Waals surface area contributed by atoms with Crippen molar-refractivity contribution in [3.05, 3.63) is 107 Å². The minimum absolute atomic E-state index is 0.165. The second kappa shape index (κ2) is 10.4. The monoisotopic (exact) mass is 430 g/mol. The SMILES string of the molecule is CCCCc1cnc(CCc2ccc3c(F)c(CCc4ccc(F)cc4)ccc3c2)nc1. The minimum atomic E-state index is -0.253. The van der Waals surface area contributed by atoms with Crippen LogP contribution in [0.15, 0.2) is 67.0 Å². The lowest BCUT2D eigenvalue weighted by atomic mass is 9.98. The van der Waals surface area contributed by atoms with Crippen LogP contribution in [0.3, 0.4) is 0 Å². The average molecular weight is 431 g/mol. The van der Waals surface area contributed by atoms with Gasteiger partial charge in [0.25, 0.3) is 0 Å². The van der Waals surface area contributed by atoms with Gasteiger partial charge in [-0.25, -0.2) is 18.7 Å². The second-order valence-corrected chi connectivity index (χ2v) is 8.33. The molecule has 0 aliphatic carbocycles. The summed E-state index contributed by atoms with van der Waals surface area (Å²) in [5, 5.41) is 1.54. The zero-order chi connectivity index (χ0) is 22.3. The number of halogens is 2. The number of aryl methyl sites for hydroxylation is 5. The van der Waals surface area contributed by atoms with E-state index in [0.717, 1.165) is 48.0 Å². The molecule has 0 saturated heterocycles. The molecule has 0 saturated carbocycles. The Morgan fingerprint density at radius 1 is 0.688 bits per heavy atom. The summed E-state index contributed by atoms with van der Waals surface area (Å²) in [5.41, 5.74) is 4.02. The fourth-order valence-electron chi connectivity index (χ4n) is 3.94. The van der Waals surface area contributed by atoms with Crippen LogP contribution in [0.5, 0.6) is 0 Å². The average Bonchev–Trinajstić information content (AvgIpc) is 2.82. The van der Waals surface area contributed by atoms with Gasteiger partial charge >= 0.3 is 0 Å². The molecule has 0 aliphatic rings. The molecule has 3 aromatic carbocycles. The predicted molar refractivity (Wildman–Crippen MR) is 126 cm³/mol. The first-order chi connectivity index (χ1) is 15.6. The third-order valence-electron chi connectivity index (χ3n) is 5.91. The van der Waals surface area contributed by atoms with E-state index in [9.17, 15) is 4.39 Å². The van der Waals surface area contributed by atoms with Crippen LogP contribution >= 0.6 is 0 Å². The van der Waals surface area contributed by atoms with Crippen molar-refractivity contribution in [1.29, 1.82) is 0 Å². The van der Waals surface area contributed by atoms with Crippen LogP contribution in [0, 0.1) is 11.6 Å². The fraction of sp³-hybridized carbons (Fsp3) is 0.286. The number of benzene rings is 3. The van der Waals surface area contributed by atoms with Crippen LogP contribution in [0.4, 0.5) is 8.78 Å². The summed E-state index contributed by atoms with van der Waals surface area (Å²) >= 11 is 0. The summed E-state index contributed by atoms with van der Waals surface area (Å²) in [7, 11) is 0. The maximum Gasteiger partial charge on any atom is 0.134 e. The third-order valence-corrected chi connectivity index (χ3v) is 5.91. The molecule has 0 bridgehead atoms. The van der Waals surface area contributed by atoms with E-state index in [2.05, 4.69) is 23.0 Å². The maximum atomic E-state index is 15.1. The zero-order valence-electron chi connectivity index (χ0n) is 18.5. The van der Waals surface area contributed by atoms with Crippen molar-refractivity contribution in [3.63, 3.8) is 0 Å². The topological polar surface area (TPSA) is 25.8 Å². The molecule has 4 aromatic rings. The fourth-order valence-corrected chi connectivity index (χ4v) is 3.94. The number of hydrogen-bond donors (Lipinski definition) is 0. The number of unbranched alkanes of at least 4 members (excludes halogenated alkanes) is 1. The Morgan fingerprint density at radius 2 is 1.41 bits per heavy atom. The first kappa shape index (κ1) is 22.1. The van der Waals surface area contributed by atoms with Crippen LogP contribution in [0.2, 0.25) is 0 Å². The van der Waals surface area contributed by atoms with Gasteiger partial charge in [-0.15, -0.1) is 0 Å². The molecule has 2 nitrogen and oxygen atoms in total. The van der Waals surface area contributed by atoms with Gasteiger partial charge in [-0.2, -0.15) is 0 Å². The summed E-state index contributed by atoms with van der Waals surface area (Å²) in [6, 6.07) is 16.2. The van der Waals surface area contributed by atoms with E-state index in [1.807, 2.05) is 36.7 Å². The summed E-state index contributed by atoms with van der Waals surface area (Å²) in [6.07, 6.45) is 10.1. The molecule has 0 unspecified atom stereocenters. The predicted octanol–water partition coefficient (Wildman–Crippen LogP) is 6.82. The van der Waals surface area contributed by atoms with E-state index in [4.69, 9.17) is 0 Å². The van der Waals surface area contributed by atoms with E-state index < -0.39 is 0 Å². The normalized spacial score (nSPS) is 11.2. The van der Waals surface area contributed by atoms with Crippen molar-refractivity contribution in [2.24, 2.45) is 0 Å². The van der Waals surface area contributed by atoms with Crippen molar-refractivity contribution < 1.29 is 8.78 Å². The first-order valence-corrected chi connectivity index (χ1v) is 11.4. The van der Waals surface area contributed by atoms with Gasteiger partial charge < -0.3 is 0 Å². The van der Waals surface area contributed by atoms with Gasteiger partial charge in [-0.05, 0) is 71.9 Å². The van der Waals surface area contributed by atoms with Gasteiger partial charge in [-0.3, -0.25) is 0 Å². The Balaban J connectivity index is 1.40. The Labute approximate surface area is 188 Å². The summed E-state index contributed by atoms with van der Waals surface area (Å²) in [5.74, 6) is 0.423. The van der Waals surface area contributed by atoms with Gasteiger partial charge in [0.05, 0.1) is 0 Å². The number of hydrogen-bond acceptors (Lipinski definition) is 2. The smallest absolute Gasteiger partial charge is 0.134 e. The Morgan fingerprint density at radius 3 is 2.16 bits per heavy atom. The number of fused-ring (bicyclic) bond motifs is 1. The standard InChI is InChI=1S/C28H28F2N2/c1-2-3-4-22-18-31-27(32-19-22)16-9-21-8-15-26-24(17-21)12-11-23(28(26)30)10-5-20-6-13-25(29)14-7-20/h6-8,11-15,17-19H,2-5,9-10,16H2,1H3. The van der Waals surface area contributed by atoms with E-state index in [1.54, 1.807) is 12.1 Å². The maximum absolute atomic E-state index is 15.1.